The van der Waals surface area contributed by atoms with E-state index in [-0.39, 0.29) is 0 Å². The molecule has 1 aliphatic rings. The zero-order valence-corrected chi connectivity index (χ0v) is 10.2. The van der Waals surface area contributed by atoms with Gasteiger partial charge in [-0.05, 0) is 23.8 Å². The topological polar surface area (TPSA) is 39.9 Å². The van der Waals surface area contributed by atoms with Gasteiger partial charge in [-0.2, -0.15) is 5.26 Å². The van der Waals surface area contributed by atoms with E-state index >= 15 is 0 Å². The van der Waals surface area contributed by atoms with Gasteiger partial charge in [-0.1, -0.05) is 31.2 Å². The largest absolute Gasteiger partial charge is 0.325 e. The Hall–Kier alpha value is -2.34. The van der Waals surface area contributed by atoms with Gasteiger partial charge in [0, 0.05) is 18.2 Å². The average Bonchev–Trinajstić information content (AvgIpc) is 2.77. The van der Waals surface area contributed by atoms with Gasteiger partial charge in [0.2, 0.25) is 0 Å². The molecule has 1 aromatic carbocycles. The van der Waals surface area contributed by atoms with Crippen LogP contribution >= 0.6 is 0 Å². The van der Waals surface area contributed by atoms with Crippen molar-refractivity contribution in [3.8, 4) is 6.07 Å². The second kappa shape index (κ2) is 4.15. The van der Waals surface area contributed by atoms with Crippen molar-refractivity contribution in [2.75, 3.05) is 11.4 Å². The Morgan fingerprint density at radius 2 is 2.06 bits per heavy atom. The molecule has 2 aromatic rings. The van der Waals surface area contributed by atoms with E-state index in [2.05, 4.69) is 41.1 Å². The van der Waals surface area contributed by atoms with Gasteiger partial charge in [-0.25, -0.2) is 4.98 Å². The van der Waals surface area contributed by atoms with E-state index in [1.54, 1.807) is 6.07 Å². The van der Waals surface area contributed by atoms with E-state index in [1.807, 2.05) is 18.2 Å². The van der Waals surface area contributed by atoms with Gasteiger partial charge >= 0.3 is 0 Å². The van der Waals surface area contributed by atoms with Crippen molar-refractivity contribution in [2.24, 2.45) is 0 Å². The second-order valence-corrected chi connectivity index (χ2v) is 4.56. The van der Waals surface area contributed by atoms with Crippen LogP contribution in [0.4, 0.5) is 11.5 Å². The fraction of sp³-hybridized carbons (Fsp3) is 0.200. The van der Waals surface area contributed by atoms with Crippen LogP contribution in [0.3, 0.4) is 0 Å². The zero-order chi connectivity index (χ0) is 12.5. The molecule has 2 heterocycles. The highest BCUT2D eigenvalue weighted by molar-refractivity contribution is 5.69. The van der Waals surface area contributed by atoms with Crippen molar-refractivity contribution in [3.05, 3.63) is 53.7 Å². The number of anilines is 2. The minimum absolute atomic E-state index is 0.463. The van der Waals surface area contributed by atoms with Crippen LogP contribution in [-0.2, 0) is 0 Å². The first kappa shape index (κ1) is 10.8. The monoisotopic (exact) mass is 235 g/mol. The number of para-hydroxylation sites is 1. The average molecular weight is 235 g/mol. The molecule has 18 heavy (non-hydrogen) atoms. The molecule has 1 aliphatic heterocycles. The number of hydrogen-bond donors (Lipinski definition) is 0. The Morgan fingerprint density at radius 1 is 1.22 bits per heavy atom. The van der Waals surface area contributed by atoms with Crippen LogP contribution in [0.2, 0.25) is 0 Å². The maximum absolute atomic E-state index is 8.92. The SMILES string of the molecule is CC1CN(c2cccc(C#N)n2)c2ccccc21. The van der Waals surface area contributed by atoms with E-state index in [9.17, 15) is 0 Å². The van der Waals surface area contributed by atoms with Crippen molar-refractivity contribution in [3.63, 3.8) is 0 Å². The number of fused-ring (bicyclic) bond motifs is 1. The van der Waals surface area contributed by atoms with Crippen LogP contribution in [0, 0.1) is 11.3 Å². The van der Waals surface area contributed by atoms with Crippen LogP contribution in [0.1, 0.15) is 24.1 Å². The van der Waals surface area contributed by atoms with Gasteiger partial charge in [0.15, 0.2) is 0 Å². The minimum Gasteiger partial charge on any atom is -0.325 e. The lowest BCUT2D eigenvalue weighted by atomic mass is 10.0. The van der Waals surface area contributed by atoms with Gasteiger partial charge in [-0.3, -0.25) is 0 Å². The maximum Gasteiger partial charge on any atom is 0.142 e. The Kier molecular flexibility index (Phi) is 2.49. The van der Waals surface area contributed by atoms with Crippen molar-refractivity contribution >= 4 is 11.5 Å². The third kappa shape index (κ3) is 1.63. The molecule has 3 rings (SSSR count). The Bertz CT molecular complexity index is 628. The van der Waals surface area contributed by atoms with E-state index < -0.39 is 0 Å². The van der Waals surface area contributed by atoms with Crippen LogP contribution < -0.4 is 4.90 Å². The summed E-state index contributed by atoms with van der Waals surface area (Å²) in [5.74, 6) is 1.35. The zero-order valence-electron chi connectivity index (χ0n) is 10.2. The van der Waals surface area contributed by atoms with Gasteiger partial charge in [0.05, 0.1) is 0 Å². The number of pyridine rings is 1. The lowest BCUT2D eigenvalue weighted by Gasteiger charge is -2.18. The Labute approximate surface area is 106 Å². The number of aromatic nitrogens is 1. The van der Waals surface area contributed by atoms with E-state index in [1.165, 1.54) is 11.3 Å². The molecule has 3 nitrogen and oxygen atoms in total. The molecule has 0 saturated carbocycles. The summed E-state index contributed by atoms with van der Waals surface area (Å²) in [5, 5.41) is 8.92. The molecule has 0 radical (unpaired) electrons. The number of nitrogens with zero attached hydrogens (tertiary/aromatic N) is 3. The number of nitriles is 1. The maximum atomic E-state index is 8.92. The fourth-order valence-electron chi connectivity index (χ4n) is 2.47. The van der Waals surface area contributed by atoms with Crippen molar-refractivity contribution in [2.45, 2.75) is 12.8 Å². The lowest BCUT2D eigenvalue weighted by Crippen LogP contribution is -2.16. The minimum atomic E-state index is 0.463. The summed E-state index contributed by atoms with van der Waals surface area (Å²) in [7, 11) is 0. The van der Waals surface area contributed by atoms with Gasteiger partial charge in [0.1, 0.15) is 17.6 Å². The summed E-state index contributed by atoms with van der Waals surface area (Å²) in [6.07, 6.45) is 0. The molecule has 0 fully saturated rings. The third-order valence-corrected chi connectivity index (χ3v) is 3.34. The summed E-state index contributed by atoms with van der Waals surface area (Å²) < 4.78 is 0. The summed E-state index contributed by atoms with van der Waals surface area (Å²) in [6.45, 7) is 3.13. The molecule has 0 aliphatic carbocycles. The first-order valence-corrected chi connectivity index (χ1v) is 6.03. The smallest absolute Gasteiger partial charge is 0.142 e. The standard InChI is InChI=1S/C15H13N3/c1-11-10-18(14-7-3-2-6-13(11)14)15-8-4-5-12(9-16)17-15/h2-8,11H,10H2,1H3. The fourth-order valence-corrected chi connectivity index (χ4v) is 2.47. The lowest BCUT2D eigenvalue weighted by molar-refractivity contribution is 0.807. The summed E-state index contributed by atoms with van der Waals surface area (Å²) in [5.41, 5.74) is 3.01. The Morgan fingerprint density at radius 3 is 2.89 bits per heavy atom. The molecular weight excluding hydrogens is 222 g/mol. The molecule has 0 N–H and O–H groups in total. The molecule has 3 heteroatoms. The molecule has 0 amide bonds. The van der Waals surface area contributed by atoms with Crippen molar-refractivity contribution in [1.29, 1.82) is 5.26 Å². The number of hydrogen-bond acceptors (Lipinski definition) is 3. The molecule has 0 spiro atoms. The predicted octanol–water partition coefficient (Wildman–Crippen LogP) is 3.21. The normalized spacial score (nSPS) is 17.3. The van der Waals surface area contributed by atoms with Crippen LogP contribution in [0.5, 0.6) is 0 Å². The second-order valence-electron chi connectivity index (χ2n) is 4.56. The van der Waals surface area contributed by atoms with Crippen molar-refractivity contribution in [1.82, 2.24) is 4.98 Å². The number of rotatable bonds is 1. The highest BCUT2D eigenvalue weighted by atomic mass is 15.2. The molecule has 88 valence electrons. The first-order chi connectivity index (χ1) is 8.79. The van der Waals surface area contributed by atoms with E-state index in [0.29, 0.717) is 11.6 Å². The number of benzene rings is 1. The Balaban J connectivity index is 2.07. The van der Waals surface area contributed by atoms with E-state index in [0.717, 1.165) is 12.4 Å². The molecule has 0 saturated heterocycles. The van der Waals surface area contributed by atoms with Gasteiger partial charge in [0.25, 0.3) is 0 Å². The molecular formula is C15H13N3. The van der Waals surface area contributed by atoms with Crippen LogP contribution in [0.25, 0.3) is 0 Å². The predicted molar refractivity (Wildman–Crippen MR) is 70.8 cm³/mol. The summed E-state index contributed by atoms with van der Waals surface area (Å²) in [6, 6.07) is 16.0. The van der Waals surface area contributed by atoms with Gasteiger partial charge < -0.3 is 4.90 Å². The molecule has 1 unspecified atom stereocenters. The molecule has 1 aromatic heterocycles. The highest BCUT2D eigenvalue weighted by Crippen LogP contribution is 2.39. The molecule has 0 bridgehead atoms. The summed E-state index contributed by atoms with van der Waals surface area (Å²) >= 11 is 0. The van der Waals surface area contributed by atoms with Crippen LogP contribution in [-0.4, -0.2) is 11.5 Å². The molecule has 1 atom stereocenters. The van der Waals surface area contributed by atoms with Gasteiger partial charge in [-0.15, -0.1) is 0 Å². The van der Waals surface area contributed by atoms with Crippen molar-refractivity contribution < 1.29 is 0 Å². The van der Waals surface area contributed by atoms with Crippen LogP contribution in [0.15, 0.2) is 42.5 Å². The summed E-state index contributed by atoms with van der Waals surface area (Å²) in [4.78, 5) is 6.55. The third-order valence-electron chi connectivity index (χ3n) is 3.34. The quantitative estimate of drug-likeness (QED) is 0.762. The van der Waals surface area contributed by atoms with E-state index in [4.69, 9.17) is 5.26 Å². The highest BCUT2D eigenvalue weighted by Gasteiger charge is 2.26. The first-order valence-electron chi connectivity index (χ1n) is 6.03.